The van der Waals surface area contributed by atoms with Crippen LogP contribution in [0.5, 0.6) is 0 Å². The molecule has 1 saturated carbocycles. The summed E-state index contributed by atoms with van der Waals surface area (Å²) in [7, 11) is 0. The first-order valence-corrected chi connectivity index (χ1v) is 5.37. The second kappa shape index (κ2) is 2.44. The van der Waals surface area contributed by atoms with Gasteiger partial charge >= 0.3 is 0 Å². The topological polar surface area (TPSA) is 52.0 Å². The minimum atomic E-state index is 0.706. The maximum absolute atomic E-state index is 6.06. The Hall–Kier alpha value is -1.18. The van der Waals surface area contributed by atoms with Gasteiger partial charge in [-0.3, -0.25) is 0 Å². The van der Waals surface area contributed by atoms with Crippen LogP contribution in [0.25, 0.3) is 0 Å². The molecule has 1 aromatic carbocycles. The summed E-state index contributed by atoms with van der Waals surface area (Å²) in [4.78, 5) is 0. The molecule has 0 saturated heterocycles. The van der Waals surface area contributed by atoms with E-state index in [2.05, 4.69) is 6.92 Å². The molecule has 1 aromatic rings. The van der Waals surface area contributed by atoms with E-state index in [9.17, 15) is 0 Å². The van der Waals surface area contributed by atoms with E-state index < -0.39 is 0 Å². The lowest BCUT2D eigenvalue weighted by Crippen LogP contribution is -2.07. The first kappa shape index (κ1) is 8.16. The fourth-order valence-electron chi connectivity index (χ4n) is 3.39. The lowest BCUT2D eigenvalue weighted by Gasteiger charge is -2.20. The van der Waals surface area contributed by atoms with Crippen molar-refractivity contribution in [3.05, 3.63) is 22.8 Å². The summed E-state index contributed by atoms with van der Waals surface area (Å²) in [5.41, 5.74) is 17.9. The van der Waals surface area contributed by atoms with E-state index in [4.69, 9.17) is 11.5 Å². The Bertz CT molecular complexity index is 409. The molecule has 2 aliphatic carbocycles. The Morgan fingerprint density at radius 1 is 1.14 bits per heavy atom. The fraction of sp³-hybridized carbons (Fsp3) is 0.500. The second-order valence-corrected chi connectivity index (χ2v) is 4.73. The van der Waals surface area contributed by atoms with Gasteiger partial charge in [-0.1, -0.05) is 0 Å². The standard InChI is InChI=1S/C12H16N2/c1-6-4-9(13)12(14)11-8-3-2-7(5-8)10(6)11/h4,7-8H,2-3,5,13-14H2,1H3/t7-,8-/m0/s1. The molecule has 0 aromatic heterocycles. The summed E-state index contributed by atoms with van der Waals surface area (Å²) in [5, 5.41) is 0. The van der Waals surface area contributed by atoms with Gasteiger partial charge in [-0.05, 0) is 60.8 Å². The van der Waals surface area contributed by atoms with Crippen molar-refractivity contribution in [2.75, 3.05) is 11.5 Å². The van der Waals surface area contributed by atoms with Crippen LogP contribution in [0.3, 0.4) is 0 Å². The van der Waals surface area contributed by atoms with Gasteiger partial charge < -0.3 is 11.5 Å². The minimum Gasteiger partial charge on any atom is -0.397 e. The number of nitrogens with two attached hydrogens (primary N) is 2. The lowest BCUT2D eigenvalue weighted by atomic mass is 9.87. The molecule has 3 rings (SSSR count). The van der Waals surface area contributed by atoms with Gasteiger partial charge in [0.2, 0.25) is 0 Å². The third-order valence-electron chi connectivity index (χ3n) is 3.94. The molecule has 0 spiro atoms. The van der Waals surface area contributed by atoms with Gasteiger partial charge in [0.25, 0.3) is 0 Å². The van der Waals surface area contributed by atoms with E-state index in [0.29, 0.717) is 5.92 Å². The number of hydrogen-bond donors (Lipinski definition) is 2. The van der Waals surface area contributed by atoms with E-state index in [1.54, 1.807) is 0 Å². The molecule has 14 heavy (non-hydrogen) atoms. The number of fused-ring (bicyclic) bond motifs is 5. The molecule has 74 valence electrons. The second-order valence-electron chi connectivity index (χ2n) is 4.73. The number of rotatable bonds is 0. The molecule has 0 aliphatic heterocycles. The van der Waals surface area contributed by atoms with Crippen LogP contribution in [0.15, 0.2) is 6.07 Å². The average molecular weight is 188 g/mol. The van der Waals surface area contributed by atoms with Crippen molar-refractivity contribution >= 4 is 11.4 Å². The molecule has 0 amide bonds. The summed E-state index contributed by atoms with van der Waals surface area (Å²) in [6.45, 7) is 2.16. The zero-order chi connectivity index (χ0) is 9.87. The molecule has 0 unspecified atom stereocenters. The fourth-order valence-corrected chi connectivity index (χ4v) is 3.39. The van der Waals surface area contributed by atoms with E-state index in [1.807, 2.05) is 6.07 Å². The highest BCUT2D eigenvalue weighted by Crippen LogP contribution is 2.56. The third-order valence-corrected chi connectivity index (χ3v) is 3.94. The highest BCUT2D eigenvalue weighted by molar-refractivity contribution is 5.74. The smallest absolute Gasteiger partial charge is 0.0586 e. The molecule has 0 radical (unpaired) electrons. The van der Waals surface area contributed by atoms with Crippen LogP contribution in [0.2, 0.25) is 0 Å². The molecule has 2 aliphatic rings. The van der Waals surface area contributed by atoms with E-state index in [0.717, 1.165) is 17.3 Å². The van der Waals surface area contributed by atoms with Crippen molar-refractivity contribution in [3.63, 3.8) is 0 Å². The van der Waals surface area contributed by atoms with Crippen LogP contribution in [0, 0.1) is 6.92 Å². The Morgan fingerprint density at radius 2 is 1.79 bits per heavy atom. The molecular weight excluding hydrogens is 172 g/mol. The van der Waals surface area contributed by atoms with Crippen LogP contribution in [0.4, 0.5) is 11.4 Å². The predicted octanol–water partition coefficient (Wildman–Crippen LogP) is 2.52. The van der Waals surface area contributed by atoms with Crippen molar-refractivity contribution < 1.29 is 0 Å². The maximum atomic E-state index is 6.06. The maximum Gasteiger partial charge on any atom is 0.0586 e. The van der Waals surface area contributed by atoms with Gasteiger partial charge in [-0.2, -0.15) is 0 Å². The van der Waals surface area contributed by atoms with Crippen molar-refractivity contribution in [2.24, 2.45) is 0 Å². The number of aryl methyl sites for hydroxylation is 1. The summed E-state index contributed by atoms with van der Waals surface area (Å²) in [5.74, 6) is 1.48. The first-order chi connectivity index (χ1) is 6.68. The molecular formula is C12H16N2. The number of benzene rings is 1. The SMILES string of the molecule is Cc1cc(N)c(N)c2c1[C@H]1CC[C@H]2C1. The Kier molecular flexibility index (Phi) is 1.42. The van der Waals surface area contributed by atoms with Crippen molar-refractivity contribution in [2.45, 2.75) is 38.0 Å². The van der Waals surface area contributed by atoms with Crippen LogP contribution in [-0.2, 0) is 0 Å². The van der Waals surface area contributed by atoms with Gasteiger partial charge in [0.1, 0.15) is 0 Å². The third kappa shape index (κ3) is 0.813. The monoisotopic (exact) mass is 188 g/mol. The summed E-state index contributed by atoms with van der Waals surface area (Å²) in [6, 6.07) is 2.04. The van der Waals surface area contributed by atoms with E-state index >= 15 is 0 Å². The highest BCUT2D eigenvalue weighted by Gasteiger charge is 2.39. The minimum absolute atomic E-state index is 0.706. The lowest BCUT2D eigenvalue weighted by molar-refractivity contribution is 0.715. The quantitative estimate of drug-likeness (QED) is 0.615. The van der Waals surface area contributed by atoms with Gasteiger partial charge in [0.15, 0.2) is 0 Å². The molecule has 0 heterocycles. The number of nitrogen functional groups attached to an aromatic ring is 2. The summed E-state index contributed by atoms with van der Waals surface area (Å²) >= 11 is 0. The highest BCUT2D eigenvalue weighted by atomic mass is 14.7. The average Bonchev–Trinajstić information content (AvgIpc) is 2.73. The van der Waals surface area contributed by atoms with Gasteiger partial charge in [-0.25, -0.2) is 0 Å². The Morgan fingerprint density at radius 3 is 2.50 bits per heavy atom. The van der Waals surface area contributed by atoms with Crippen LogP contribution < -0.4 is 11.5 Å². The summed E-state index contributed by atoms with van der Waals surface area (Å²) in [6.07, 6.45) is 3.97. The number of hydrogen-bond acceptors (Lipinski definition) is 2. The molecule has 4 N–H and O–H groups in total. The van der Waals surface area contributed by atoms with Crippen LogP contribution in [0.1, 0.15) is 47.8 Å². The van der Waals surface area contributed by atoms with Gasteiger partial charge in [-0.15, -0.1) is 0 Å². The van der Waals surface area contributed by atoms with Crippen molar-refractivity contribution in [3.8, 4) is 0 Å². The summed E-state index contributed by atoms with van der Waals surface area (Å²) < 4.78 is 0. The van der Waals surface area contributed by atoms with Crippen LogP contribution in [-0.4, -0.2) is 0 Å². The van der Waals surface area contributed by atoms with Crippen molar-refractivity contribution in [1.29, 1.82) is 0 Å². The normalized spacial score (nSPS) is 28.1. The molecule has 2 nitrogen and oxygen atoms in total. The Balaban J connectivity index is 2.32. The molecule has 2 bridgehead atoms. The molecule has 2 atom stereocenters. The first-order valence-electron chi connectivity index (χ1n) is 5.37. The zero-order valence-electron chi connectivity index (χ0n) is 8.51. The van der Waals surface area contributed by atoms with Gasteiger partial charge in [0, 0.05) is 0 Å². The molecule has 1 fully saturated rings. The van der Waals surface area contributed by atoms with Crippen LogP contribution >= 0.6 is 0 Å². The Labute approximate surface area is 84.3 Å². The predicted molar refractivity (Wildman–Crippen MR) is 59.3 cm³/mol. The van der Waals surface area contributed by atoms with Gasteiger partial charge in [0.05, 0.1) is 11.4 Å². The van der Waals surface area contributed by atoms with E-state index in [-0.39, 0.29) is 0 Å². The largest absolute Gasteiger partial charge is 0.397 e. The van der Waals surface area contributed by atoms with E-state index in [1.165, 1.54) is 36.0 Å². The zero-order valence-corrected chi connectivity index (χ0v) is 8.51. The number of anilines is 2. The molecule has 2 heteroatoms. The van der Waals surface area contributed by atoms with Crippen molar-refractivity contribution in [1.82, 2.24) is 0 Å².